The zero-order valence-electron chi connectivity index (χ0n) is 19.7. The number of halogens is 1. The smallest absolute Gasteiger partial charge is 0.231 e. The summed E-state index contributed by atoms with van der Waals surface area (Å²) < 4.78 is 27.8. The number of ether oxygens (including phenoxy) is 2. The summed E-state index contributed by atoms with van der Waals surface area (Å²) in [5.74, 6) is 1.28. The molecule has 4 aromatic rings. The Labute approximate surface area is 204 Å². The van der Waals surface area contributed by atoms with Crippen molar-refractivity contribution in [3.05, 3.63) is 84.3 Å². The number of aromatic nitrogens is 2. The molecule has 0 spiro atoms. The quantitative estimate of drug-likeness (QED) is 0.418. The SMILES string of the molecule is CN1CCN(Cc2cnn(-c3ccc(-c4ccc5c(c4)OCO5)cc3)c2-c2ccccc2F)CC1. The first-order chi connectivity index (χ1) is 17.2. The molecule has 1 fully saturated rings. The average Bonchev–Trinajstić information content (AvgIpc) is 3.52. The number of hydrogen-bond donors (Lipinski definition) is 0. The van der Waals surface area contributed by atoms with Gasteiger partial charge >= 0.3 is 0 Å². The van der Waals surface area contributed by atoms with Gasteiger partial charge in [0.2, 0.25) is 6.79 Å². The fourth-order valence-corrected chi connectivity index (χ4v) is 4.75. The van der Waals surface area contributed by atoms with Gasteiger partial charge in [-0.15, -0.1) is 0 Å². The van der Waals surface area contributed by atoms with Crippen molar-refractivity contribution in [2.24, 2.45) is 0 Å². The predicted molar refractivity (Wildman–Crippen MR) is 133 cm³/mol. The van der Waals surface area contributed by atoms with Crippen LogP contribution in [-0.2, 0) is 6.54 Å². The highest BCUT2D eigenvalue weighted by atomic mass is 19.1. The van der Waals surface area contributed by atoms with E-state index in [0.717, 1.165) is 72.3 Å². The summed E-state index contributed by atoms with van der Waals surface area (Å²) in [4.78, 5) is 4.74. The number of nitrogens with zero attached hydrogens (tertiary/aromatic N) is 4. The number of benzene rings is 3. The summed E-state index contributed by atoms with van der Waals surface area (Å²) in [6.07, 6.45) is 1.88. The van der Waals surface area contributed by atoms with Crippen LogP contribution in [0.5, 0.6) is 11.5 Å². The monoisotopic (exact) mass is 470 g/mol. The molecule has 0 radical (unpaired) electrons. The highest BCUT2D eigenvalue weighted by Crippen LogP contribution is 2.36. The fourth-order valence-electron chi connectivity index (χ4n) is 4.75. The van der Waals surface area contributed by atoms with E-state index in [0.29, 0.717) is 5.56 Å². The Morgan fingerprint density at radius 2 is 1.60 bits per heavy atom. The minimum absolute atomic E-state index is 0.245. The number of rotatable bonds is 5. The number of hydrogen-bond acceptors (Lipinski definition) is 5. The van der Waals surface area contributed by atoms with Crippen LogP contribution in [0.4, 0.5) is 4.39 Å². The first-order valence-electron chi connectivity index (χ1n) is 11.9. The van der Waals surface area contributed by atoms with Crippen LogP contribution in [0.2, 0.25) is 0 Å². The summed E-state index contributed by atoms with van der Waals surface area (Å²) in [5.41, 5.74) is 5.39. The second-order valence-corrected chi connectivity index (χ2v) is 9.10. The lowest BCUT2D eigenvalue weighted by Gasteiger charge is -2.32. The third-order valence-corrected chi connectivity index (χ3v) is 6.78. The van der Waals surface area contributed by atoms with E-state index in [2.05, 4.69) is 29.0 Å². The van der Waals surface area contributed by atoms with E-state index in [4.69, 9.17) is 14.6 Å². The lowest BCUT2D eigenvalue weighted by atomic mass is 10.0. The predicted octanol–water partition coefficient (Wildman–Crippen LogP) is 4.82. The number of fused-ring (bicyclic) bond motifs is 1. The molecule has 0 saturated carbocycles. The van der Waals surface area contributed by atoms with Crippen molar-refractivity contribution in [3.8, 4) is 39.6 Å². The molecule has 7 heteroatoms. The van der Waals surface area contributed by atoms with E-state index in [9.17, 15) is 4.39 Å². The summed E-state index contributed by atoms with van der Waals surface area (Å²) in [7, 11) is 2.15. The van der Waals surface area contributed by atoms with Gasteiger partial charge in [0.05, 0.1) is 17.6 Å². The summed E-state index contributed by atoms with van der Waals surface area (Å²) in [6.45, 7) is 5.04. The van der Waals surface area contributed by atoms with E-state index >= 15 is 0 Å². The fraction of sp³-hybridized carbons (Fsp3) is 0.250. The molecule has 0 amide bonds. The van der Waals surface area contributed by atoms with Crippen molar-refractivity contribution in [1.82, 2.24) is 19.6 Å². The third kappa shape index (κ3) is 4.29. The van der Waals surface area contributed by atoms with E-state index in [1.54, 1.807) is 6.07 Å². The molecule has 35 heavy (non-hydrogen) atoms. The first kappa shape index (κ1) is 21.8. The Bertz CT molecular complexity index is 1340. The molecule has 0 atom stereocenters. The van der Waals surface area contributed by atoms with Gasteiger partial charge in [-0.3, -0.25) is 4.90 Å². The maximum absolute atomic E-state index is 15.0. The van der Waals surface area contributed by atoms with Gasteiger partial charge in [-0.1, -0.05) is 30.3 Å². The largest absolute Gasteiger partial charge is 0.454 e. The zero-order chi connectivity index (χ0) is 23.8. The van der Waals surface area contributed by atoms with Gasteiger partial charge in [-0.05, 0) is 54.6 Å². The molecule has 0 aliphatic carbocycles. The van der Waals surface area contributed by atoms with Crippen molar-refractivity contribution in [3.63, 3.8) is 0 Å². The van der Waals surface area contributed by atoms with Crippen LogP contribution in [-0.4, -0.2) is 59.6 Å². The lowest BCUT2D eigenvalue weighted by molar-refractivity contribution is 0.148. The van der Waals surface area contributed by atoms with E-state index in [-0.39, 0.29) is 12.6 Å². The molecule has 2 aliphatic rings. The van der Waals surface area contributed by atoms with Crippen molar-refractivity contribution in [2.45, 2.75) is 6.54 Å². The van der Waals surface area contributed by atoms with Crippen molar-refractivity contribution in [1.29, 1.82) is 0 Å². The summed E-state index contributed by atoms with van der Waals surface area (Å²) in [5, 5.41) is 4.71. The van der Waals surface area contributed by atoms with Gasteiger partial charge in [0, 0.05) is 43.9 Å². The Balaban J connectivity index is 1.35. The number of piperazine rings is 1. The van der Waals surface area contributed by atoms with Crippen molar-refractivity contribution in [2.75, 3.05) is 40.0 Å². The second-order valence-electron chi connectivity index (χ2n) is 9.10. The zero-order valence-corrected chi connectivity index (χ0v) is 19.7. The van der Waals surface area contributed by atoms with Crippen LogP contribution in [0.25, 0.3) is 28.1 Å². The van der Waals surface area contributed by atoms with Gasteiger partial charge in [0.1, 0.15) is 5.82 Å². The number of likely N-dealkylation sites (N-methyl/N-ethyl adjacent to an activating group) is 1. The topological polar surface area (TPSA) is 42.8 Å². The molecule has 6 rings (SSSR count). The van der Waals surface area contributed by atoms with Gasteiger partial charge in [0.15, 0.2) is 11.5 Å². The maximum atomic E-state index is 15.0. The Hall–Kier alpha value is -3.68. The molecule has 1 aromatic heterocycles. The molecule has 3 heterocycles. The van der Waals surface area contributed by atoms with Crippen LogP contribution >= 0.6 is 0 Å². The molecule has 0 N–H and O–H groups in total. The van der Waals surface area contributed by atoms with Gasteiger partial charge in [0.25, 0.3) is 0 Å². The Kier molecular flexibility index (Phi) is 5.72. The highest BCUT2D eigenvalue weighted by molar-refractivity contribution is 5.70. The van der Waals surface area contributed by atoms with Crippen LogP contribution < -0.4 is 9.47 Å². The van der Waals surface area contributed by atoms with Gasteiger partial charge < -0.3 is 14.4 Å². The van der Waals surface area contributed by atoms with Crippen molar-refractivity contribution < 1.29 is 13.9 Å². The Morgan fingerprint density at radius 3 is 2.40 bits per heavy atom. The highest BCUT2D eigenvalue weighted by Gasteiger charge is 2.21. The van der Waals surface area contributed by atoms with E-state index in [1.807, 2.05) is 53.3 Å². The van der Waals surface area contributed by atoms with Gasteiger partial charge in [-0.2, -0.15) is 5.10 Å². The molecule has 6 nitrogen and oxygen atoms in total. The third-order valence-electron chi connectivity index (χ3n) is 6.78. The molecule has 0 unspecified atom stereocenters. The molecule has 3 aromatic carbocycles. The minimum Gasteiger partial charge on any atom is -0.454 e. The average molecular weight is 471 g/mol. The standard InChI is InChI=1S/C28H27FN4O2/c1-31-12-14-32(15-13-31)18-22-17-30-33(28(22)24-4-2-3-5-25(24)29)23-9-6-20(7-10-23)21-8-11-26-27(16-21)35-19-34-26/h2-11,16-17H,12-15,18-19H2,1H3. The Morgan fingerprint density at radius 1 is 0.857 bits per heavy atom. The van der Waals surface area contributed by atoms with Crippen LogP contribution in [0, 0.1) is 5.82 Å². The summed E-state index contributed by atoms with van der Waals surface area (Å²) in [6, 6.07) is 21.0. The molecular formula is C28H27FN4O2. The van der Waals surface area contributed by atoms with Crippen LogP contribution in [0.15, 0.2) is 72.9 Å². The van der Waals surface area contributed by atoms with Crippen molar-refractivity contribution >= 4 is 0 Å². The molecule has 1 saturated heterocycles. The maximum Gasteiger partial charge on any atom is 0.231 e. The molecule has 0 bridgehead atoms. The van der Waals surface area contributed by atoms with Crippen LogP contribution in [0.3, 0.4) is 0 Å². The lowest BCUT2D eigenvalue weighted by Crippen LogP contribution is -2.43. The molecular weight excluding hydrogens is 443 g/mol. The second kappa shape index (κ2) is 9.17. The molecule has 2 aliphatic heterocycles. The van der Waals surface area contributed by atoms with Gasteiger partial charge in [-0.25, -0.2) is 9.07 Å². The van der Waals surface area contributed by atoms with Crippen LogP contribution in [0.1, 0.15) is 5.56 Å². The van der Waals surface area contributed by atoms with E-state index in [1.165, 1.54) is 6.07 Å². The first-order valence-corrected chi connectivity index (χ1v) is 11.9. The van der Waals surface area contributed by atoms with E-state index < -0.39 is 0 Å². The normalized spacial score (nSPS) is 16.1. The molecule has 178 valence electrons. The summed E-state index contributed by atoms with van der Waals surface area (Å²) >= 11 is 0. The minimum atomic E-state index is -0.245.